The van der Waals surface area contributed by atoms with Crippen molar-refractivity contribution in [2.75, 3.05) is 5.75 Å². The molecular formula is C22H10F4O7S. The molecule has 2 aromatic rings. The summed E-state index contributed by atoms with van der Waals surface area (Å²) < 4.78 is 64.9. The largest absolute Gasteiger partial charge is 0.505 e. The van der Waals surface area contributed by atoms with Gasteiger partial charge in [0.15, 0.2) is 28.6 Å². The number of fused-ring (bicyclic) bond motifs is 2. The first kappa shape index (κ1) is 23.1. The minimum atomic E-state index is -2.07. The number of aromatic carboxylic acids is 1. The average molecular weight is 494 g/mol. The number of thioether (sulfide) groups is 1. The van der Waals surface area contributed by atoms with Crippen LogP contribution in [-0.2, 0) is 4.79 Å². The highest BCUT2D eigenvalue weighted by atomic mass is 32.2. The Morgan fingerprint density at radius 1 is 0.941 bits per heavy atom. The molecule has 1 aliphatic carbocycles. The topological polar surface area (TPSA) is 125 Å². The zero-order valence-electron chi connectivity index (χ0n) is 16.5. The molecule has 0 bridgehead atoms. The Bertz CT molecular complexity index is 1550. The zero-order valence-corrected chi connectivity index (χ0v) is 17.3. The SMILES string of the molecule is O=C(O)CSc1c(F)c(F)c(C(=O)O)c(-c2c3ccc(=O)cc-3oc3cc(O)c(F)cc23)c1F. The summed E-state index contributed by atoms with van der Waals surface area (Å²) >= 11 is 0.0740. The number of hydrogen-bond acceptors (Lipinski definition) is 6. The number of phenolic OH excluding ortho intramolecular Hbond substituents is 1. The van der Waals surface area contributed by atoms with Gasteiger partial charge in [-0.2, -0.15) is 0 Å². The van der Waals surface area contributed by atoms with Crippen molar-refractivity contribution in [3.63, 3.8) is 0 Å². The van der Waals surface area contributed by atoms with Crippen LogP contribution < -0.4 is 5.43 Å². The number of hydrogen-bond donors (Lipinski definition) is 3. The summed E-state index contributed by atoms with van der Waals surface area (Å²) in [5.74, 6) is -12.3. The minimum Gasteiger partial charge on any atom is -0.505 e. The summed E-state index contributed by atoms with van der Waals surface area (Å²) in [5.41, 5.74) is -3.99. The molecule has 3 N–H and O–H groups in total. The molecule has 0 saturated heterocycles. The summed E-state index contributed by atoms with van der Waals surface area (Å²) in [7, 11) is 0. The Morgan fingerprint density at radius 3 is 2.29 bits per heavy atom. The van der Waals surface area contributed by atoms with Crippen LogP contribution in [0.3, 0.4) is 0 Å². The van der Waals surface area contributed by atoms with E-state index in [0.29, 0.717) is 6.07 Å². The van der Waals surface area contributed by atoms with E-state index in [1.807, 2.05) is 0 Å². The number of benzene rings is 3. The Kier molecular flexibility index (Phi) is 5.69. The van der Waals surface area contributed by atoms with Crippen LogP contribution in [0.2, 0.25) is 0 Å². The zero-order chi connectivity index (χ0) is 24.9. The molecule has 0 fully saturated rings. The smallest absolute Gasteiger partial charge is 0.339 e. The second-order valence-electron chi connectivity index (χ2n) is 6.94. The molecule has 4 rings (SSSR count). The molecule has 1 aliphatic heterocycles. The first-order valence-electron chi connectivity index (χ1n) is 9.19. The van der Waals surface area contributed by atoms with Gasteiger partial charge < -0.3 is 19.7 Å². The van der Waals surface area contributed by atoms with Crippen molar-refractivity contribution < 1.29 is 46.9 Å². The molecule has 7 nitrogen and oxygen atoms in total. The van der Waals surface area contributed by atoms with Crippen molar-refractivity contribution in [2.45, 2.75) is 4.90 Å². The Labute approximate surface area is 190 Å². The van der Waals surface area contributed by atoms with E-state index in [9.17, 15) is 37.8 Å². The van der Waals surface area contributed by atoms with Crippen LogP contribution >= 0.6 is 11.8 Å². The van der Waals surface area contributed by atoms with Crippen LogP contribution in [0.4, 0.5) is 17.6 Å². The summed E-state index contributed by atoms with van der Waals surface area (Å²) in [6.07, 6.45) is 0. The van der Waals surface area contributed by atoms with Crippen LogP contribution in [0, 0.1) is 23.3 Å². The van der Waals surface area contributed by atoms with Gasteiger partial charge in [-0.25, -0.2) is 22.4 Å². The number of rotatable bonds is 5. The second-order valence-corrected chi connectivity index (χ2v) is 7.93. The number of aromatic hydroxyl groups is 1. The molecule has 2 aromatic carbocycles. The lowest BCUT2D eigenvalue weighted by atomic mass is 9.90. The fourth-order valence-corrected chi connectivity index (χ4v) is 4.20. The number of aliphatic carboxylic acids is 1. The number of carboxylic acid groups (broad SMARTS) is 2. The van der Waals surface area contributed by atoms with E-state index in [1.165, 1.54) is 0 Å². The van der Waals surface area contributed by atoms with Gasteiger partial charge in [-0.1, -0.05) is 0 Å². The first-order valence-corrected chi connectivity index (χ1v) is 10.2. The van der Waals surface area contributed by atoms with E-state index >= 15 is 4.39 Å². The number of carbonyl (C=O) groups is 2. The van der Waals surface area contributed by atoms with Crippen LogP contribution in [0.25, 0.3) is 33.4 Å². The van der Waals surface area contributed by atoms with Gasteiger partial charge in [0.25, 0.3) is 0 Å². The fraction of sp³-hybridized carbons (Fsp3) is 0.0455. The fourth-order valence-electron chi connectivity index (χ4n) is 3.48. The van der Waals surface area contributed by atoms with Gasteiger partial charge in [0.05, 0.1) is 10.6 Å². The molecule has 0 atom stereocenters. The lowest BCUT2D eigenvalue weighted by molar-refractivity contribution is -0.133. The molecular weight excluding hydrogens is 484 g/mol. The van der Waals surface area contributed by atoms with Gasteiger partial charge in [-0.15, -0.1) is 11.8 Å². The van der Waals surface area contributed by atoms with E-state index in [-0.39, 0.29) is 34.1 Å². The van der Waals surface area contributed by atoms with Crippen molar-refractivity contribution in [1.82, 2.24) is 0 Å². The molecule has 0 aromatic heterocycles. The third-order valence-corrected chi connectivity index (χ3v) is 5.88. The molecule has 12 heteroatoms. The van der Waals surface area contributed by atoms with Crippen LogP contribution in [0.15, 0.2) is 44.4 Å². The molecule has 0 saturated carbocycles. The molecule has 34 heavy (non-hydrogen) atoms. The summed E-state index contributed by atoms with van der Waals surface area (Å²) in [6.45, 7) is 0. The third-order valence-electron chi connectivity index (χ3n) is 4.84. The lowest BCUT2D eigenvalue weighted by Gasteiger charge is -2.19. The van der Waals surface area contributed by atoms with Crippen molar-refractivity contribution in [1.29, 1.82) is 0 Å². The molecule has 0 radical (unpaired) electrons. The molecule has 0 spiro atoms. The van der Waals surface area contributed by atoms with Gasteiger partial charge in [-0.3, -0.25) is 9.59 Å². The summed E-state index contributed by atoms with van der Waals surface area (Å²) in [6, 6.07) is 4.49. The van der Waals surface area contributed by atoms with Gasteiger partial charge in [0, 0.05) is 34.2 Å². The van der Waals surface area contributed by atoms with Crippen LogP contribution in [-0.4, -0.2) is 33.0 Å². The van der Waals surface area contributed by atoms with Crippen molar-refractivity contribution in [3.8, 4) is 28.2 Å². The van der Waals surface area contributed by atoms with E-state index in [2.05, 4.69) is 0 Å². The summed E-state index contributed by atoms with van der Waals surface area (Å²) in [4.78, 5) is 33.5. The highest BCUT2D eigenvalue weighted by Gasteiger charge is 2.33. The van der Waals surface area contributed by atoms with Gasteiger partial charge >= 0.3 is 11.9 Å². The maximum Gasteiger partial charge on any atom is 0.339 e. The van der Waals surface area contributed by atoms with Crippen LogP contribution in [0.5, 0.6) is 5.75 Å². The van der Waals surface area contributed by atoms with E-state index in [0.717, 1.165) is 24.3 Å². The lowest BCUT2D eigenvalue weighted by Crippen LogP contribution is -2.12. The van der Waals surface area contributed by atoms with Crippen LogP contribution in [0.1, 0.15) is 10.4 Å². The van der Waals surface area contributed by atoms with Gasteiger partial charge in [-0.05, 0) is 18.2 Å². The Hall–Kier alpha value is -4.06. The van der Waals surface area contributed by atoms with Crippen molar-refractivity contribution >= 4 is 34.7 Å². The monoisotopic (exact) mass is 494 g/mol. The summed E-state index contributed by atoms with van der Waals surface area (Å²) in [5, 5.41) is 27.8. The quantitative estimate of drug-likeness (QED) is 0.158. The Morgan fingerprint density at radius 2 is 1.65 bits per heavy atom. The van der Waals surface area contributed by atoms with E-state index in [4.69, 9.17) is 9.52 Å². The standard InChI is InChI=1S/C22H10F4O7S/c23-10-4-9-13(5-11(10)28)33-12-3-7(27)1-2-8(12)15(9)16-17(22(31)32)18(24)20(26)21(19(16)25)34-6-14(29)30/h1-5,28H,6H2,(H,29,30)(H,31,32). The molecule has 2 aliphatic rings. The maximum atomic E-state index is 15.7. The van der Waals surface area contributed by atoms with E-state index in [1.54, 1.807) is 0 Å². The number of halogens is 4. The molecule has 0 amide bonds. The van der Waals surface area contributed by atoms with Crippen molar-refractivity contribution in [2.24, 2.45) is 0 Å². The maximum absolute atomic E-state index is 15.7. The normalized spacial score (nSPS) is 11.3. The Balaban J connectivity index is 2.25. The van der Waals surface area contributed by atoms with E-state index < -0.39 is 73.7 Å². The predicted molar refractivity (Wildman–Crippen MR) is 111 cm³/mol. The number of carboxylic acids is 2. The highest BCUT2D eigenvalue weighted by molar-refractivity contribution is 8.00. The molecule has 1 heterocycles. The third kappa shape index (κ3) is 3.71. The first-order chi connectivity index (χ1) is 16.0. The number of phenols is 1. The minimum absolute atomic E-state index is 0.0740. The second kappa shape index (κ2) is 8.37. The molecule has 174 valence electrons. The van der Waals surface area contributed by atoms with Crippen molar-refractivity contribution in [3.05, 3.63) is 69.4 Å². The van der Waals surface area contributed by atoms with Gasteiger partial charge in [0.2, 0.25) is 0 Å². The van der Waals surface area contributed by atoms with Gasteiger partial charge in [0.1, 0.15) is 22.7 Å². The predicted octanol–water partition coefficient (Wildman–Crippen LogP) is 4.70. The highest BCUT2D eigenvalue weighted by Crippen LogP contribution is 2.46. The average Bonchev–Trinajstić information content (AvgIpc) is 2.75. The molecule has 0 unspecified atom stereocenters.